The normalized spacial score (nSPS) is 15.9. The zero-order chi connectivity index (χ0) is 12.7. The number of likely N-dealkylation sites (N-methyl/N-ethyl adjacent to an activating group) is 1. The third kappa shape index (κ3) is 5.35. The quantitative estimate of drug-likeness (QED) is 0.569. The number of allylic oxidation sites excluding steroid dienone is 1. The summed E-state index contributed by atoms with van der Waals surface area (Å²) in [4.78, 5) is 13.5. The third-order valence-corrected chi connectivity index (χ3v) is 3.45. The molecule has 0 unspecified atom stereocenters. The molecule has 0 atom stereocenters. The Balaban J connectivity index is 2.11. The van der Waals surface area contributed by atoms with Gasteiger partial charge in [0.2, 0.25) is 5.91 Å². The van der Waals surface area contributed by atoms with Crippen LogP contribution >= 0.6 is 0 Å². The second-order valence-electron chi connectivity index (χ2n) is 5.13. The first-order valence-electron chi connectivity index (χ1n) is 6.75. The van der Waals surface area contributed by atoms with Crippen LogP contribution in [-0.2, 0) is 4.79 Å². The fourth-order valence-corrected chi connectivity index (χ4v) is 1.99. The molecule has 98 valence electrons. The Morgan fingerprint density at radius 2 is 2.24 bits per heavy atom. The Hall–Kier alpha value is -0.830. The van der Waals surface area contributed by atoms with E-state index in [4.69, 9.17) is 0 Å². The highest BCUT2D eigenvalue weighted by Gasteiger charge is 2.10. The summed E-state index contributed by atoms with van der Waals surface area (Å²) in [7, 11) is 1.86. The Morgan fingerprint density at radius 1 is 1.47 bits per heavy atom. The van der Waals surface area contributed by atoms with Crippen molar-refractivity contribution in [2.75, 3.05) is 20.1 Å². The molecule has 0 heterocycles. The molecule has 1 rings (SSSR count). The van der Waals surface area contributed by atoms with Gasteiger partial charge in [-0.2, -0.15) is 0 Å². The maximum atomic E-state index is 11.7. The first-order valence-corrected chi connectivity index (χ1v) is 6.75. The van der Waals surface area contributed by atoms with E-state index in [-0.39, 0.29) is 11.9 Å². The Labute approximate surface area is 105 Å². The first kappa shape index (κ1) is 14.2. The van der Waals surface area contributed by atoms with Crippen LogP contribution in [0.25, 0.3) is 0 Å². The maximum Gasteiger partial charge on any atom is 0.236 e. The van der Waals surface area contributed by atoms with E-state index >= 15 is 0 Å². The zero-order valence-corrected chi connectivity index (χ0v) is 11.5. The van der Waals surface area contributed by atoms with E-state index in [1.807, 2.05) is 20.9 Å². The fraction of sp³-hybridized carbons (Fsp3) is 0.786. The topological polar surface area (TPSA) is 32.3 Å². The second kappa shape index (κ2) is 7.49. The van der Waals surface area contributed by atoms with Crippen LogP contribution in [0.4, 0.5) is 0 Å². The van der Waals surface area contributed by atoms with E-state index in [0.29, 0.717) is 6.54 Å². The minimum absolute atomic E-state index is 0.178. The number of rotatable bonds is 6. The smallest absolute Gasteiger partial charge is 0.236 e. The van der Waals surface area contributed by atoms with E-state index in [9.17, 15) is 4.79 Å². The molecular formula is C14H26N2O. The lowest BCUT2D eigenvalue weighted by Crippen LogP contribution is -2.39. The Bertz CT molecular complexity index is 271. The average molecular weight is 238 g/mol. The Morgan fingerprint density at radius 3 is 2.82 bits per heavy atom. The molecule has 0 saturated heterocycles. The fourth-order valence-electron chi connectivity index (χ4n) is 1.99. The van der Waals surface area contributed by atoms with Gasteiger partial charge in [0.05, 0.1) is 6.54 Å². The van der Waals surface area contributed by atoms with Crippen molar-refractivity contribution in [3.8, 4) is 0 Å². The summed E-state index contributed by atoms with van der Waals surface area (Å²) >= 11 is 0. The van der Waals surface area contributed by atoms with E-state index in [1.54, 1.807) is 10.5 Å². The van der Waals surface area contributed by atoms with Crippen molar-refractivity contribution >= 4 is 5.91 Å². The monoisotopic (exact) mass is 238 g/mol. The van der Waals surface area contributed by atoms with Gasteiger partial charge >= 0.3 is 0 Å². The van der Waals surface area contributed by atoms with Gasteiger partial charge in [0, 0.05) is 13.1 Å². The predicted octanol–water partition coefficient (Wildman–Crippen LogP) is 2.33. The molecule has 0 bridgehead atoms. The highest BCUT2D eigenvalue weighted by atomic mass is 16.2. The minimum Gasteiger partial charge on any atom is -0.342 e. The molecule has 0 aromatic carbocycles. The van der Waals surface area contributed by atoms with Crippen LogP contribution in [0.3, 0.4) is 0 Å². The van der Waals surface area contributed by atoms with E-state index in [0.717, 1.165) is 13.0 Å². The summed E-state index contributed by atoms with van der Waals surface area (Å²) in [5.74, 6) is 0.178. The Kier molecular flexibility index (Phi) is 6.27. The molecule has 1 aliphatic carbocycles. The van der Waals surface area contributed by atoms with Gasteiger partial charge in [-0.25, -0.2) is 0 Å². The van der Waals surface area contributed by atoms with E-state index in [1.165, 1.54) is 25.7 Å². The highest BCUT2D eigenvalue weighted by molar-refractivity contribution is 5.78. The van der Waals surface area contributed by atoms with Gasteiger partial charge in [0.1, 0.15) is 0 Å². The van der Waals surface area contributed by atoms with Crippen molar-refractivity contribution in [1.82, 2.24) is 10.2 Å². The molecule has 0 aromatic heterocycles. The molecule has 0 spiro atoms. The van der Waals surface area contributed by atoms with Crippen LogP contribution in [0.15, 0.2) is 11.6 Å². The number of nitrogens with one attached hydrogen (secondary N) is 1. The van der Waals surface area contributed by atoms with Crippen LogP contribution in [-0.4, -0.2) is 37.0 Å². The lowest BCUT2D eigenvalue weighted by atomic mass is 9.97. The van der Waals surface area contributed by atoms with Gasteiger partial charge in [0.15, 0.2) is 0 Å². The summed E-state index contributed by atoms with van der Waals surface area (Å²) in [5.41, 5.74) is 1.56. The van der Waals surface area contributed by atoms with E-state index in [2.05, 4.69) is 11.4 Å². The molecule has 1 amide bonds. The standard InChI is InChI=1S/C14H26N2O/c1-12(2)16(3)14(17)11-15-10-9-13-7-5-4-6-8-13/h7,12,15H,4-6,8-11H2,1-3H3. The average Bonchev–Trinajstić information content (AvgIpc) is 2.34. The van der Waals surface area contributed by atoms with Crippen LogP contribution in [0.5, 0.6) is 0 Å². The summed E-state index contributed by atoms with van der Waals surface area (Å²) in [6.07, 6.45) is 8.63. The second-order valence-corrected chi connectivity index (χ2v) is 5.13. The van der Waals surface area contributed by atoms with Crippen LogP contribution in [0.2, 0.25) is 0 Å². The van der Waals surface area contributed by atoms with Crippen molar-refractivity contribution < 1.29 is 4.79 Å². The summed E-state index contributed by atoms with van der Waals surface area (Å²) in [5, 5.41) is 3.24. The van der Waals surface area contributed by atoms with Gasteiger partial charge in [-0.05, 0) is 52.5 Å². The molecule has 17 heavy (non-hydrogen) atoms. The molecule has 0 aliphatic heterocycles. The van der Waals surface area contributed by atoms with Gasteiger partial charge < -0.3 is 10.2 Å². The number of amides is 1. The molecule has 0 radical (unpaired) electrons. The van der Waals surface area contributed by atoms with Crippen LogP contribution in [0.1, 0.15) is 46.0 Å². The largest absolute Gasteiger partial charge is 0.342 e. The number of nitrogens with zero attached hydrogens (tertiary/aromatic N) is 1. The van der Waals surface area contributed by atoms with Crippen molar-refractivity contribution in [2.24, 2.45) is 0 Å². The van der Waals surface area contributed by atoms with Gasteiger partial charge in [-0.1, -0.05) is 11.6 Å². The predicted molar refractivity (Wildman–Crippen MR) is 71.9 cm³/mol. The van der Waals surface area contributed by atoms with Gasteiger partial charge in [-0.3, -0.25) is 4.79 Å². The molecule has 1 N–H and O–H groups in total. The van der Waals surface area contributed by atoms with Crippen molar-refractivity contribution in [2.45, 2.75) is 52.0 Å². The minimum atomic E-state index is 0.178. The highest BCUT2D eigenvalue weighted by Crippen LogP contribution is 2.19. The molecule has 0 fully saturated rings. The number of hydrogen-bond donors (Lipinski definition) is 1. The van der Waals surface area contributed by atoms with Gasteiger partial charge in [0.25, 0.3) is 0 Å². The molecule has 1 aliphatic rings. The molecule has 3 nitrogen and oxygen atoms in total. The third-order valence-electron chi connectivity index (χ3n) is 3.45. The number of carbonyl (C=O) groups excluding carboxylic acids is 1. The number of carbonyl (C=O) groups is 1. The lowest BCUT2D eigenvalue weighted by Gasteiger charge is -2.21. The molecule has 0 aromatic rings. The molecular weight excluding hydrogens is 212 g/mol. The lowest BCUT2D eigenvalue weighted by molar-refractivity contribution is -0.130. The maximum absolute atomic E-state index is 11.7. The summed E-state index contributed by atoms with van der Waals surface area (Å²) < 4.78 is 0. The summed E-state index contributed by atoms with van der Waals surface area (Å²) in [6, 6.07) is 0.283. The van der Waals surface area contributed by atoms with Crippen molar-refractivity contribution in [1.29, 1.82) is 0 Å². The van der Waals surface area contributed by atoms with Crippen LogP contribution in [0, 0.1) is 0 Å². The van der Waals surface area contributed by atoms with Crippen molar-refractivity contribution in [3.05, 3.63) is 11.6 Å². The SMILES string of the molecule is CC(C)N(C)C(=O)CNCCC1=CCCCC1. The molecule has 0 saturated carbocycles. The molecule has 3 heteroatoms. The van der Waals surface area contributed by atoms with Crippen molar-refractivity contribution in [3.63, 3.8) is 0 Å². The zero-order valence-electron chi connectivity index (χ0n) is 11.5. The summed E-state index contributed by atoms with van der Waals surface area (Å²) in [6.45, 7) is 5.45. The first-order chi connectivity index (χ1) is 8.11. The van der Waals surface area contributed by atoms with Gasteiger partial charge in [-0.15, -0.1) is 0 Å². The number of hydrogen-bond acceptors (Lipinski definition) is 2. The van der Waals surface area contributed by atoms with Crippen LogP contribution < -0.4 is 5.32 Å². The van der Waals surface area contributed by atoms with E-state index < -0.39 is 0 Å².